The van der Waals surface area contributed by atoms with E-state index in [0.29, 0.717) is 44.5 Å². The van der Waals surface area contributed by atoms with Crippen LogP contribution in [0.5, 0.6) is 0 Å². The molecule has 4 aliphatic rings. The molecular formula is C55H80N10O13S. The SMILES string of the molecule is CC1CC(=O)N(CCOCCOCCOCCC(=O)N[C@H](C(=O)C[C@@H](CCCNC(N)=O)C(=O)Nc2ccc(C[n+]3cnc(N[C@@H]4CCc5ccccc54)c4c3N([C@H]3C[C@H](COS(N)(=O)=O)[C@H](O)C3)CC4)cc2)C(C)C)C1=O.[CH3-]. The number of nitrogens with zero attached hydrogens (tertiary/aromatic N) is 4. The van der Waals surface area contributed by atoms with E-state index in [4.69, 9.17) is 34.3 Å². The average molecular weight is 1120 g/mol. The lowest BCUT2D eigenvalue weighted by Gasteiger charge is -2.24. The lowest BCUT2D eigenvalue weighted by atomic mass is 9.89. The first-order chi connectivity index (χ1) is 37.3. The number of aryl methyl sites for hydroxylation is 1. The molecule has 2 aliphatic carbocycles. The molecule has 1 aromatic heterocycles. The van der Waals surface area contributed by atoms with E-state index in [0.717, 1.165) is 35.6 Å². The maximum Gasteiger partial charge on any atom is 0.333 e. The topological polar surface area (TPSA) is 317 Å². The minimum atomic E-state index is -4.18. The highest BCUT2D eigenvalue weighted by Crippen LogP contribution is 2.40. The molecule has 1 saturated carbocycles. The number of Topliss-reactive ketones (excluding diaryl/α,β-unsaturated/α-hetero) is 1. The Labute approximate surface area is 463 Å². The molecule has 2 aromatic carbocycles. The number of primary amides is 1. The van der Waals surface area contributed by atoms with Gasteiger partial charge in [0.05, 0.1) is 95.7 Å². The van der Waals surface area contributed by atoms with Gasteiger partial charge in [0, 0.05) is 62.1 Å². The van der Waals surface area contributed by atoms with E-state index in [2.05, 4.69) is 48.9 Å². The zero-order valence-electron chi connectivity index (χ0n) is 45.9. The Morgan fingerprint density at radius 2 is 1.66 bits per heavy atom. The highest BCUT2D eigenvalue weighted by Gasteiger charge is 2.45. The van der Waals surface area contributed by atoms with Crippen LogP contribution < -0.4 is 41.6 Å². The first kappa shape index (κ1) is 62.1. The molecule has 434 valence electrons. The second kappa shape index (κ2) is 29.4. The number of carbonyl (C=O) groups excluding carboxylic acids is 6. The fourth-order valence-electron chi connectivity index (χ4n) is 10.8. The van der Waals surface area contributed by atoms with Gasteiger partial charge in [-0.25, -0.2) is 14.5 Å². The largest absolute Gasteiger partial charge is 0.393 e. The molecule has 1 saturated heterocycles. The Hall–Kier alpha value is -6.15. The van der Waals surface area contributed by atoms with Gasteiger partial charge < -0.3 is 53.7 Å². The van der Waals surface area contributed by atoms with Crippen LogP contribution in [0, 0.1) is 31.1 Å². The van der Waals surface area contributed by atoms with E-state index >= 15 is 0 Å². The number of benzene rings is 2. The van der Waals surface area contributed by atoms with Crippen LogP contribution in [-0.2, 0) is 72.1 Å². The van der Waals surface area contributed by atoms with Crippen molar-refractivity contribution < 1.29 is 65.3 Å². The van der Waals surface area contributed by atoms with Crippen molar-refractivity contribution in [2.75, 3.05) is 81.4 Å². The summed E-state index contributed by atoms with van der Waals surface area (Å²) in [5, 5.41) is 28.2. The molecule has 1 unspecified atom stereocenters. The summed E-state index contributed by atoms with van der Waals surface area (Å²) in [4.78, 5) is 84.8. The Balaban J connectivity index is 0.0000101. The lowest BCUT2D eigenvalue weighted by Crippen LogP contribution is -2.46. The number of hydrogen-bond acceptors (Lipinski definition) is 16. The zero-order chi connectivity index (χ0) is 55.9. The van der Waals surface area contributed by atoms with Crippen LogP contribution in [0.4, 0.5) is 22.1 Å². The molecule has 7 rings (SSSR count). The molecule has 9 N–H and O–H groups in total. The molecule has 0 bridgehead atoms. The van der Waals surface area contributed by atoms with E-state index in [-0.39, 0.29) is 140 Å². The van der Waals surface area contributed by atoms with Crippen molar-refractivity contribution in [2.45, 2.75) is 116 Å². The van der Waals surface area contributed by atoms with Crippen molar-refractivity contribution in [3.05, 3.63) is 84.5 Å². The molecule has 79 heavy (non-hydrogen) atoms. The number of imide groups is 1. The molecule has 23 nitrogen and oxygen atoms in total. The first-order valence-electron chi connectivity index (χ1n) is 27.0. The minimum Gasteiger partial charge on any atom is -0.393 e. The van der Waals surface area contributed by atoms with Gasteiger partial charge in [0.2, 0.25) is 41.6 Å². The monoisotopic (exact) mass is 1120 g/mol. The quantitative estimate of drug-likeness (QED) is 0.0211. The fraction of sp³-hybridized carbons (Fsp3) is 0.582. The predicted octanol–water partition coefficient (Wildman–Crippen LogP) is 2.63. The van der Waals surface area contributed by atoms with Crippen LogP contribution in [-0.4, -0.2) is 143 Å². The second-order valence-electron chi connectivity index (χ2n) is 21.0. The summed E-state index contributed by atoms with van der Waals surface area (Å²) >= 11 is 0. The van der Waals surface area contributed by atoms with Crippen LogP contribution in [0.1, 0.15) is 100 Å². The number of urea groups is 1. The maximum atomic E-state index is 14.0. The Morgan fingerprint density at radius 1 is 0.949 bits per heavy atom. The summed E-state index contributed by atoms with van der Waals surface area (Å²) < 4.78 is 46.8. The number of nitrogens with one attached hydrogen (secondary N) is 4. The van der Waals surface area contributed by atoms with E-state index in [1.165, 1.54) is 16.0 Å². The Kier molecular flexibility index (Phi) is 23.1. The van der Waals surface area contributed by atoms with Gasteiger partial charge in [0.25, 0.3) is 0 Å². The minimum absolute atomic E-state index is 0. The van der Waals surface area contributed by atoms with Gasteiger partial charge in [-0.1, -0.05) is 62.2 Å². The smallest absolute Gasteiger partial charge is 0.333 e. The van der Waals surface area contributed by atoms with Gasteiger partial charge in [0.15, 0.2) is 5.78 Å². The molecule has 3 aromatic rings. The van der Waals surface area contributed by atoms with Gasteiger partial charge in [-0.2, -0.15) is 8.42 Å². The number of ketones is 1. The first-order valence-corrected chi connectivity index (χ1v) is 28.5. The molecule has 2 aliphatic heterocycles. The molecule has 0 radical (unpaired) electrons. The summed E-state index contributed by atoms with van der Waals surface area (Å²) in [7, 11) is -4.18. The standard InChI is InChI=1S/C54H76N10O13S.CH3/c1-34(2)49(61-47(67)17-21-74-23-25-76-26-24-75-22-20-64-48(68)27-35(3)53(64)70)46(66)29-38(8-6-18-57-54(55)71)51(69)59-40-13-10-36(11-14-40)31-62-33-58-50(60-44-15-12-37-7-4-5-9-42(37)44)43-16-19-63(52(43)62)41-28-39(45(65)30-41)32-77-78(56,72)73;/h4-5,7,9-11,13-14,33-35,38-39,41,44-45,49,65H,6,8,12,15-32H2,1-3H3,(H7,55,56,57,59,61,67,69,71,72,73);1H3/q;-1/p+1/t35?,38-,39-,41+,44-,45-,49+;/m1./s1. The number of nitrogens with two attached hydrogens (primary N) is 2. The van der Waals surface area contributed by atoms with Crippen LogP contribution in [0.2, 0.25) is 0 Å². The maximum absolute atomic E-state index is 14.0. The van der Waals surface area contributed by atoms with Gasteiger partial charge in [-0.05, 0) is 66.8 Å². The van der Waals surface area contributed by atoms with Gasteiger partial charge >= 0.3 is 16.3 Å². The molecule has 2 fully saturated rings. The lowest BCUT2D eigenvalue weighted by molar-refractivity contribution is -0.678. The van der Waals surface area contributed by atoms with Gasteiger partial charge in [0.1, 0.15) is 0 Å². The third-order valence-electron chi connectivity index (χ3n) is 14.9. The molecule has 6 amide bonds. The van der Waals surface area contributed by atoms with E-state index in [1.807, 2.05) is 38.4 Å². The number of anilines is 3. The van der Waals surface area contributed by atoms with Gasteiger partial charge in [-0.3, -0.25) is 38.0 Å². The van der Waals surface area contributed by atoms with Crippen molar-refractivity contribution in [3.8, 4) is 0 Å². The summed E-state index contributed by atoms with van der Waals surface area (Å²) in [6.45, 7) is 7.96. The summed E-state index contributed by atoms with van der Waals surface area (Å²) in [6, 6.07) is 14.2. The van der Waals surface area contributed by atoms with Crippen molar-refractivity contribution in [3.63, 3.8) is 0 Å². The third kappa shape index (κ3) is 17.7. The third-order valence-corrected chi connectivity index (χ3v) is 15.4. The van der Waals surface area contributed by atoms with Crippen LogP contribution in [0.25, 0.3) is 0 Å². The number of likely N-dealkylation sites (tertiary alicyclic amines) is 1. The number of aliphatic hydroxyl groups excluding tert-OH is 1. The van der Waals surface area contributed by atoms with Crippen LogP contribution >= 0.6 is 0 Å². The molecule has 24 heteroatoms. The highest BCUT2D eigenvalue weighted by molar-refractivity contribution is 7.84. The number of ether oxygens (including phenoxy) is 3. The van der Waals surface area contributed by atoms with E-state index < -0.39 is 46.2 Å². The van der Waals surface area contributed by atoms with E-state index in [9.17, 15) is 42.3 Å². The number of fused-ring (bicyclic) bond motifs is 2. The predicted molar refractivity (Wildman–Crippen MR) is 293 cm³/mol. The number of hydrogen-bond donors (Lipinski definition) is 7. The van der Waals surface area contributed by atoms with Crippen molar-refractivity contribution in [1.82, 2.24) is 20.5 Å². The molecular weight excluding hydrogens is 1040 g/mol. The zero-order valence-corrected chi connectivity index (χ0v) is 46.7. The summed E-state index contributed by atoms with van der Waals surface area (Å²) in [5.41, 5.74) is 10.3. The van der Waals surface area contributed by atoms with Crippen molar-refractivity contribution in [1.29, 1.82) is 0 Å². The Bertz CT molecular complexity index is 2700. The number of amides is 6. The highest BCUT2D eigenvalue weighted by atomic mass is 32.2. The summed E-state index contributed by atoms with van der Waals surface area (Å²) in [6.07, 6.45) is 5.20. The molecule has 3 heterocycles. The summed E-state index contributed by atoms with van der Waals surface area (Å²) in [5.74, 6) is -1.55. The Morgan fingerprint density at radius 3 is 2.34 bits per heavy atom. The van der Waals surface area contributed by atoms with Crippen molar-refractivity contribution >= 4 is 63.1 Å². The molecule has 0 spiro atoms. The normalized spacial score (nSPS) is 20.4. The van der Waals surface area contributed by atoms with E-state index in [1.54, 1.807) is 19.1 Å². The second-order valence-corrected chi connectivity index (χ2v) is 22.2. The molecule has 7 atom stereocenters. The van der Waals surface area contributed by atoms with Crippen LogP contribution in [0.3, 0.4) is 0 Å². The average Bonchev–Trinajstić information content (AvgIpc) is 4.27. The fourth-order valence-corrected chi connectivity index (χ4v) is 11.2. The number of aromatic nitrogens is 2. The van der Waals surface area contributed by atoms with Crippen LogP contribution in [0.15, 0.2) is 54.9 Å². The number of rotatable bonds is 31. The number of carbonyl (C=O) groups is 6. The van der Waals surface area contributed by atoms with Gasteiger partial charge in [-0.15, -0.1) is 0 Å². The van der Waals surface area contributed by atoms with Crippen molar-refractivity contribution in [2.24, 2.45) is 34.5 Å². The number of aliphatic hydroxyl groups is 1.